The van der Waals surface area contributed by atoms with E-state index in [1.807, 2.05) is 65.6 Å². The van der Waals surface area contributed by atoms with Crippen LogP contribution in [0.1, 0.15) is 18.1 Å². The maximum Gasteiger partial charge on any atom is 0.0574 e. The van der Waals surface area contributed by atoms with E-state index in [9.17, 15) is 4.21 Å². The van der Waals surface area contributed by atoms with Gasteiger partial charge in [-0.15, -0.1) is 0 Å². The molecule has 0 unspecified atom stereocenters. The molecule has 0 aliphatic carbocycles. The molecule has 0 bridgehead atoms. The van der Waals surface area contributed by atoms with E-state index in [-0.39, 0.29) is 0 Å². The van der Waals surface area contributed by atoms with Crippen molar-refractivity contribution in [2.24, 2.45) is 0 Å². The Labute approximate surface area is 145 Å². The zero-order valence-corrected chi connectivity index (χ0v) is 14.5. The van der Waals surface area contributed by atoms with Gasteiger partial charge in [-0.3, -0.25) is 8.89 Å². The summed E-state index contributed by atoms with van der Waals surface area (Å²) in [6, 6.07) is 17.7. The molecule has 0 saturated heterocycles. The van der Waals surface area contributed by atoms with Crippen molar-refractivity contribution < 1.29 is 4.21 Å². The predicted molar refractivity (Wildman–Crippen MR) is 98.2 cm³/mol. The Bertz CT molecular complexity index is 814. The molecule has 3 aromatic rings. The van der Waals surface area contributed by atoms with Crippen molar-refractivity contribution in [2.45, 2.75) is 30.7 Å². The van der Waals surface area contributed by atoms with E-state index in [1.54, 1.807) is 0 Å². The van der Waals surface area contributed by atoms with Crippen LogP contribution in [0.25, 0.3) is 0 Å². The van der Waals surface area contributed by atoms with Gasteiger partial charge in [0.2, 0.25) is 0 Å². The Morgan fingerprint density at radius 3 is 2.67 bits per heavy atom. The summed E-state index contributed by atoms with van der Waals surface area (Å²) in [5.74, 6) is 0.521. The largest absolute Gasteiger partial charge is 0.381 e. The molecule has 1 aromatic heterocycles. The molecule has 124 valence electrons. The van der Waals surface area contributed by atoms with Gasteiger partial charge in [0, 0.05) is 35.4 Å². The summed E-state index contributed by atoms with van der Waals surface area (Å²) >= 11 is 0. The average Bonchev–Trinajstić information content (AvgIpc) is 3.09. The Morgan fingerprint density at radius 2 is 1.92 bits per heavy atom. The van der Waals surface area contributed by atoms with Gasteiger partial charge in [-0.1, -0.05) is 30.3 Å². The second-order valence-electron chi connectivity index (χ2n) is 5.56. The molecule has 4 nitrogen and oxygen atoms in total. The summed E-state index contributed by atoms with van der Waals surface area (Å²) in [5.41, 5.74) is 3.24. The van der Waals surface area contributed by atoms with Crippen LogP contribution >= 0.6 is 0 Å². The first-order valence-electron chi connectivity index (χ1n) is 8.02. The maximum absolute atomic E-state index is 12.4. The monoisotopic (exact) mass is 339 g/mol. The molecule has 24 heavy (non-hydrogen) atoms. The molecule has 1 atom stereocenters. The van der Waals surface area contributed by atoms with Crippen LogP contribution in [0.15, 0.2) is 71.9 Å². The van der Waals surface area contributed by atoms with E-state index < -0.39 is 10.8 Å². The number of nitrogens with one attached hydrogen (secondary N) is 1. The molecule has 5 heteroatoms. The van der Waals surface area contributed by atoms with Crippen molar-refractivity contribution in [3.8, 4) is 0 Å². The van der Waals surface area contributed by atoms with Crippen LogP contribution in [0.2, 0.25) is 0 Å². The maximum atomic E-state index is 12.4. The van der Waals surface area contributed by atoms with Crippen LogP contribution in [0.4, 0.5) is 5.69 Å². The third kappa shape index (κ3) is 4.32. The van der Waals surface area contributed by atoms with E-state index in [1.165, 1.54) is 0 Å². The lowest BCUT2D eigenvalue weighted by Crippen LogP contribution is -2.01. The Morgan fingerprint density at radius 1 is 1.08 bits per heavy atom. The molecule has 1 N–H and O–H groups in total. The zero-order valence-electron chi connectivity index (χ0n) is 13.7. The fourth-order valence-corrected chi connectivity index (χ4v) is 3.56. The van der Waals surface area contributed by atoms with Gasteiger partial charge in [0.05, 0.1) is 22.7 Å². The van der Waals surface area contributed by atoms with Crippen molar-refractivity contribution in [1.82, 2.24) is 9.78 Å². The standard InChI is InChI=1S/C19H21N3OS/c1-2-22-14-17(13-21-22)12-20-18-8-6-7-16(11-18)15-24(23)19-9-4-3-5-10-19/h3-11,13-14,20H,2,12,15H2,1H3/t24-/m1/s1. The third-order valence-electron chi connectivity index (χ3n) is 3.74. The van der Waals surface area contributed by atoms with E-state index >= 15 is 0 Å². The number of nitrogens with zero attached hydrogens (tertiary/aromatic N) is 2. The molecule has 0 saturated carbocycles. The molecule has 0 aliphatic heterocycles. The second kappa shape index (κ2) is 7.93. The quantitative estimate of drug-likeness (QED) is 0.712. The van der Waals surface area contributed by atoms with Crippen LogP contribution in [-0.4, -0.2) is 14.0 Å². The first kappa shape index (κ1) is 16.5. The topological polar surface area (TPSA) is 46.9 Å². The number of hydrogen-bond donors (Lipinski definition) is 1. The first-order chi connectivity index (χ1) is 11.7. The van der Waals surface area contributed by atoms with Crippen LogP contribution in [0.5, 0.6) is 0 Å². The highest BCUT2D eigenvalue weighted by atomic mass is 32.2. The summed E-state index contributed by atoms with van der Waals surface area (Å²) in [6.07, 6.45) is 3.92. The summed E-state index contributed by atoms with van der Waals surface area (Å²) in [5, 5.41) is 7.67. The highest BCUT2D eigenvalue weighted by Gasteiger charge is 2.05. The molecule has 0 fully saturated rings. The van der Waals surface area contributed by atoms with E-state index in [0.29, 0.717) is 5.75 Å². The Kier molecular flexibility index (Phi) is 5.43. The van der Waals surface area contributed by atoms with Gasteiger partial charge in [-0.2, -0.15) is 5.10 Å². The van der Waals surface area contributed by atoms with Crippen LogP contribution in [0, 0.1) is 0 Å². The summed E-state index contributed by atoms with van der Waals surface area (Å²) in [7, 11) is -1.02. The van der Waals surface area contributed by atoms with Crippen molar-refractivity contribution in [3.05, 3.63) is 78.1 Å². The lowest BCUT2D eigenvalue weighted by atomic mass is 10.2. The van der Waals surface area contributed by atoms with E-state index in [4.69, 9.17) is 0 Å². The summed E-state index contributed by atoms with van der Waals surface area (Å²) in [4.78, 5) is 0.864. The Balaban J connectivity index is 1.62. The highest BCUT2D eigenvalue weighted by Crippen LogP contribution is 2.16. The van der Waals surface area contributed by atoms with Gasteiger partial charge in [-0.25, -0.2) is 0 Å². The summed E-state index contributed by atoms with van der Waals surface area (Å²) in [6.45, 7) is 3.67. The SMILES string of the molecule is CCn1cc(CNc2cccc(C[S@@](=O)c3ccccc3)c2)cn1. The van der Waals surface area contributed by atoms with Crippen molar-refractivity contribution >= 4 is 16.5 Å². The number of aryl methyl sites for hydroxylation is 1. The number of benzene rings is 2. The van der Waals surface area contributed by atoms with Crippen molar-refractivity contribution in [1.29, 1.82) is 0 Å². The van der Waals surface area contributed by atoms with Gasteiger partial charge < -0.3 is 5.32 Å². The lowest BCUT2D eigenvalue weighted by Gasteiger charge is -2.08. The van der Waals surface area contributed by atoms with Gasteiger partial charge in [0.25, 0.3) is 0 Å². The van der Waals surface area contributed by atoms with Crippen LogP contribution in [-0.2, 0) is 29.6 Å². The van der Waals surface area contributed by atoms with Crippen molar-refractivity contribution in [2.75, 3.05) is 5.32 Å². The molecule has 0 radical (unpaired) electrons. The van der Waals surface area contributed by atoms with E-state index in [0.717, 1.165) is 34.8 Å². The molecular weight excluding hydrogens is 318 g/mol. The van der Waals surface area contributed by atoms with E-state index in [2.05, 4.69) is 23.4 Å². The molecule has 2 aromatic carbocycles. The fraction of sp³-hybridized carbons (Fsp3) is 0.211. The smallest absolute Gasteiger partial charge is 0.0574 e. The number of anilines is 1. The molecule has 0 aliphatic rings. The molecule has 0 amide bonds. The zero-order chi connectivity index (χ0) is 16.8. The second-order valence-corrected chi connectivity index (χ2v) is 7.01. The lowest BCUT2D eigenvalue weighted by molar-refractivity contribution is 0.659. The fourth-order valence-electron chi connectivity index (χ4n) is 2.45. The highest BCUT2D eigenvalue weighted by molar-refractivity contribution is 7.84. The van der Waals surface area contributed by atoms with Gasteiger partial charge in [-0.05, 0) is 36.8 Å². The molecular formula is C19H21N3OS. The minimum absolute atomic E-state index is 0.521. The van der Waals surface area contributed by atoms with Crippen molar-refractivity contribution in [3.63, 3.8) is 0 Å². The third-order valence-corrected chi connectivity index (χ3v) is 5.13. The normalized spacial score (nSPS) is 12.0. The summed E-state index contributed by atoms with van der Waals surface area (Å²) < 4.78 is 14.3. The predicted octanol–water partition coefficient (Wildman–Crippen LogP) is 3.82. The van der Waals surface area contributed by atoms with Gasteiger partial charge in [0.1, 0.15) is 0 Å². The van der Waals surface area contributed by atoms with Crippen LogP contribution in [0.3, 0.4) is 0 Å². The minimum atomic E-state index is -1.02. The average molecular weight is 339 g/mol. The van der Waals surface area contributed by atoms with Gasteiger partial charge in [0.15, 0.2) is 0 Å². The number of rotatable bonds is 7. The molecule has 1 heterocycles. The first-order valence-corrected chi connectivity index (χ1v) is 9.34. The molecule has 0 spiro atoms. The molecule has 3 rings (SSSR count). The number of hydrogen-bond acceptors (Lipinski definition) is 3. The van der Waals surface area contributed by atoms with Gasteiger partial charge >= 0.3 is 0 Å². The van der Waals surface area contributed by atoms with Crippen LogP contribution < -0.4 is 5.32 Å². The minimum Gasteiger partial charge on any atom is -0.381 e. The number of aromatic nitrogens is 2. The Hall–Kier alpha value is -2.40.